The van der Waals surface area contributed by atoms with Crippen molar-refractivity contribution < 1.29 is 4.92 Å². The Kier molecular flexibility index (Phi) is 3.95. The molecule has 0 saturated carbocycles. The molecule has 7 heteroatoms. The molecule has 2 aliphatic heterocycles. The minimum atomic E-state index is -0.272. The van der Waals surface area contributed by atoms with Gasteiger partial charge in [0.2, 0.25) is 0 Å². The Labute approximate surface area is 120 Å². The van der Waals surface area contributed by atoms with E-state index in [4.69, 9.17) is 0 Å². The van der Waals surface area contributed by atoms with Gasteiger partial charge in [-0.05, 0) is 17.6 Å². The fourth-order valence-corrected chi connectivity index (χ4v) is 4.95. The fraction of sp³-hybridized carbons (Fsp3) is 0.667. The summed E-state index contributed by atoms with van der Waals surface area (Å²) in [4.78, 5) is 15.4. The van der Waals surface area contributed by atoms with Crippen molar-refractivity contribution in [2.24, 2.45) is 0 Å². The number of nitrogens with zero attached hydrogens (tertiary/aromatic N) is 3. The van der Waals surface area contributed by atoms with Crippen molar-refractivity contribution in [1.82, 2.24) is 4.90 Å². The van der Waals surface area contributed by atoms with E-state index in [1.54, 1.807) is 6.07 Å². The second kappa shape index (κ2) is 5.68. The number of anilines is 1. The molecule has 1 atom stereocenters. The number of thiophene rings is 1. The van der Waals surface area contributed by atoms with Crippen LogP contribution in [0.3, 0.4) is 0 Å². The Balaban J connectivity index is 1.63. The molecule has 0 bridgehead atoms. The van der Waals surface area contributed by atoms with Crippen molar-refractivity contribution in [2.45, 2.75) is 12.5 Å². The molecule has 0 aromatic carbocycles. The molecule has 0 amide bonds. The zero-order valence-corrected chi connectivity index (χ0v) is 12.3. The van der Waals surface area contributed by atoms with Gasteiger partial charge in [0.15, 0.2) is 5.00 Å². The van der Waals surface area contributed by atoms with Gasteiger partial charge in [-0.1, -0.05) is 0 Å². The maximum absolute atomic E-state index is 11.0. The minimum absolute atomic E-state index is 0.259. The standard InChI is InChI=1S/C12H17N3O2S2/c16-15(17)11-2-8-19-12(11)14-5-3-13(4-6-14)10-1-7-18-9-10/h2,8,10H,1,3-7,9H2/t10-/m1/s1. The highest BCUT2D eigenvalue weighted by Gasteiger charge is 2.29. The number of nitro groups is 1. The molecule has 5 nitrogen and oxygen atoms in total. The highest BCUT2D eigenvalue weighted by molar-refractivity contribution is 7.99. The summed E-state index contributed by atoms with van der Waals surface area (Å²) in [6.45, 7) is 3.87. The molecule has 0 spiro atoms. The summed E-state index contributed by atoms with van der Waals surface area (Å²) in [5.41, 5.74) is 0.259. The highest BCUT2D eigenvalue weighted by atomic mass is 32.2. The molecule has 19 heavy (non-hydrogen) atoms. The van der Waals surface area contributed by atoms with Gasteiger partial charge in [0.25, 0.3) is 0 Å². The van der Waals surface area contributed by atoms with E-state index in [2.05, 4.69) is 9.80 Å². The molecule has 3 heterocycles. The molecule has 3 rings (SSSR count). The SMILES string of the molecule is O=[N+]([O-])c1ccsc1N1CCN([C@@H]2CCSC2)CC1. The van der Waals surface area contributed by atoms with Gasteiger partial charge in [-0.3, -0.25) is 15.0 Å². The Morgan fingerprint density at radius 3 is 2.74 bits per heavy atom. The molecule has 2 aliphatic rings. The van der Waals surface area contributed by atoms with Gasteiger partial charge in [-0.25, -0.2) is 0 Å². The third-order valence-electron chi connectivity index (χ3n) is 3.84. The molecule has 0 unspecified atom stereocenters. The van der Waals surface area contributed by atoms with E-state index >= 15 is 0 Å². The lowest BCUT2D eigenvalue weighted by atomic mass is 10.2. The monoisotopic (exact) mass is 299 g/mol. The largest absolute Gasteiger partial charge is 0.355 e. The first kappa shape index (κ1) is 13.2. The van der Waals surface area contributed by atoms with Crippen LogP contribution in [0.25, 0.3) is 0 Å². The molecule has 2 fully saturated rings. The number of thioether (sulfide) groups is 1. The second-order valence-corrected chi connectivity index (χ2v) is 6.95. The molecule has 2 saturated heterocycles. The van der Waals surface area contributed by atoms with Crippen molar-refractivity contribution in [3.05, 3.63) is 21.6 Å². The minimum Gasteiger partial charge on any atom is -0.355 e. The van der Waals surface area contributed by atoms with Crippen molar-refractivity contribution in [2.75, 3.05) is 42.6 Å². The van der Waals surface area contributed by atoms with Crippen LogP contribution in [-0.4, -0.2) is 53.5 Å². The van der Waals surface area contributed by atoms with Crippen LogP contribution < -0.4 is 4.90 Å². The van der Waals surface area contributed by atoms with E-state index < -0.39 is 0 Å². The Morgan fingerprint density at radius 1 is 1.32 bits per heavy atom. The Bertz CT molecular complexity index is 452. The summed E-state index contributed by atoms with van der Waals surface area (Å²) in [7, 11) is 0. The van der Waals surface area contributed by atoms with Crippen LogP contribution >= 0.6 is 23.1 Å². The maximum Gasteiger partial charge on any atom is 0.303 e. The van der Waals surface area contributed by atoms with Crippen molar-refractivity contribution in [3.8, 4) is 0 Å². The third kappa shape index (κ3) is 2.73. The topological polar surface area (TPSA) is 49.6 Å². The molecular weight excluding hydrogens is 282 g/mol. The lowest BCUT2D eigenvalue weighted by molar-refractivity contribution is -0.383. The molecule has 104 valence electrons. The molecule has 0 N–H and O–H groups in total. The van der Waals surface area contributed by atoms with Gasteiger partial charge in [-0.15, -0.1) is 11.3 Å². The number of rotatable bonds is 3. The van der Waals surface area contributed by atoms with E-state index in [0.717, 1.165) is 37.2 Å². The van der Waals surface area contributed by atoms with E-state index in [1.807, 2.05) is 17.1 Å². The van der Waals surface area contributed by atoms with Crippen molar-refractivity contribution in [3.63, 3.8) is 0 Å². The zero-order chi connectivity index (χ0) is 13.2. The van der Waals surface area contributed by atoms with Crippen molar-refractivity contribution >= 4 is 33.8 Å². The quantitative estimate of drug-likeness (QED) is 0.633. The van der Waals surface area contributed by atoms with Crippen LogP contribution in [-0.2, 0) is 0 Å². The van der Waals surface area contributed by atoms with Gasteiger partial charge in [0.05, 0.1) is 4.92 Å². The summed E-state index contributed by atoms with van der Waals surface area (Å²) in [6, 6.07) is 2.34. The zero-order valence-electron chi connectivity index (χ0n) is 10.7. The van der Waals surface area contributed by atoms with Crippen LogP contribution in [0.1, 0.15) is 6.42 Å². The Hall–Kier alpha value is -0.790. The molecule has 1 aromatic rings. The van der Waals surface area contributed by atoms with Gasteiger partial charge in [0, 0.05) is 44.0 Å². The first-order valence-corrected chi connectivity index (χ1v) is 8.58. The summed E-state index contributed by atoms with van der Waals surface area (Å²) >= 11 is 3.52. The molecule has 1 aromatic heterocycles. The summed E-state index contributed by atoms with van der Waals surface area (Å²) in [5.74, 6) is 2.53. The van der Waals surface area contributed by atoms with E-state index in [0.29, 0.717) is 0 Å². The average molecular weight is 299 g/mol. The smallest absolute Gasteiger partial charge is 0.303 e. The molecule has 0 radical (unpaired) electrons. The van der Waals surface area contributed by atoms with Gasteiger partial charge in [0.1, 0.15) is 0 Å². The van der Waals surface area contributed by atoms with Gasteiger partial charge >= 0.3 is 5.69 Å². The molecular formula is C12H17N3O2S2. The van der Waals surface area contributed by atoms with Crippen LogP contribution in [0.2, 0.25) is 0 Å². The summed E-state index contributed by atoms with van der Waals surface area (Å²) in [5, 5.41) is 13.6. The lowest BCUT2D eigenvalue weighted by Gasteiger charge is -2.37. The van der Waals surface area contributed by atoms with Crippen LogP contribution in [0.15, 0.2) is 11.4 Å². The fourth-order valence-electron chi connectivity index (χ4n) is 2.77. The normalized spacial score (nSPS) is 24.8. The first-order chi connectivity index (χ1) is 9.25. The predicted molar refractivity (Wildman–Crippen MR) is 80.5 cm³/mol. The number of piperazine rings is 1. The maximum atomic E-state index is 11.0. The van der Waals surface area contributed by atoms with E-state index in [1.165, 1.54) is 29.3 Å². The number of hydrogen-bond donors (Lipinski definition) is 0. The first-order valence-electron chi connectivity index (χ1n) is 6.54. The predicted octanol–water partition coefficient (Wildman–Crippen LogP) is 2.28. The third-order valence-corrected chi connectivity index (χ3v) is 5.95. The van der Waals surface area contributed by atoms with Gasteiger partial charge in [-0.2, -0.15) is 11.8 Å². The molecule has 0 aliphatic carbocycles. The van der Waals surface area contributed by atoms with Crippen LogP contribution in [0.4, 0.5) is 10.7 Å². The number of hydrogen-bond acceptors (Lipinski definition) is 6. The van der Waals surface area contributed by atoms with E-state index in [-0.39, 0.29) is 10.6 Å². The van der Waals surface area contributed by atoms with E-state index in [9.17, 15) is 10.1 Å². The lowest BCUT2D eigenvalue weighted by Crippen LogP contribution is -2.50. The van der Waals surface area contributed by atoms with Crippen LogP contribution in [0, 0.1) is 10.1 Å². The van der Waals surface area contributed by atoms with Gasteiger partial charge < -0.3 is 4.90 Å². The average Bonchev–Trinajstić information content (AvgIpc) is 3.10. The van der Waals surface area contributed by atoms with Crippen LogP contribution in [0.5, 0.6) is 0 Å². The second-order valence-electron chi connectivity index (χ2n) is 4.91. The van der Waals surface area contributed by atoms with Crippen molar-refractivity contribution in [1.29, 1.82) is 0 Å². The Morgan fingerprint density at radius 2 is 2.11 bits per heavy atom. The highest BCUT2D eigenvalue weighted by Crippen LogP contribution is 2.35. The summed E-state index contributed by atoms with van der Waals surface area (Å²) < 4.78 is 0. The summed E-state index contributed by atoms with van der Waals surface area (Å²) in [6.07, 6.45) is 1.30.